The Hall–Kier alpha value is -1.16. The molecule has 3 heterocycles. The third kappa shape index (κ3) is 1.67. The summed E-state index contributed by atoms with van der Waals surface area (Å²) in [4.78, 5) is 4.66. The first kappa shape index (κ1) is 10.0. The Morgan fingerprint density at radius 1 is 1.50 bits per heavy atom. The van der Waals surface area contributed by atoms with E-state index in [9.17, 15) is 0 Å². The van der Waals surface area contributed by atoms with E-state index in [0.717, 1.165) is 11.3 Å². The molecule has 3 nitrogen and oxygen atoms in total. The Labute approximate surface area is 99.1 Å². The average Bonchev–Trinajstić information content (AvgIpc) is 2.76. The van der Waals surface area contributed by atoms with Gasteiger partial charge >= 0.3 is 0 Å². The molecule has 0 bridgehead atoms. The van der Waals surface area contributed by atoms with E-state index in [1.165, 1.54) is 30.0 Å². The van der Waals surface area contributed by atoms with E-state index in [2.05, 4.69) is 11.2 Å². The van der Waals surface area contributed by atoms with Crippen molar-refractivity contribution in [1.82, 2.24) is 9.38 Å². The van der Waals surface area contributed by atoms with Gasteiger partial charge in [0.15, 0.2) is 5.65 Å². The summed E-state index contributed by atoms with van der Waals surface area (Å²) in [5.41, 5.74) is 8.77. The zero-order valence-electron chi connectivity index (χ0n) is 9.10. The smallest absolute Gasteiger partial charge is 0.160 e. The minimum atomic E-state index is 0.609. The van der Waals surface area contributed by atoms with Crippen LogP contribution in [-0.4, -0.2) is 20.9 Å². The van der Waals surface area contributed by atoms with Gasteiger partial charge in [-0.3, -0.25) is 0 Å². The summed E-state index contributed by atoms with van der Waals surface area (Å²) in [6, 6.07) is 3.87. The number of nitrogen functional groups attached to an aromatic ring is 1. The van der Waals surface area contributed by atoms with Crippen molar-refractivity contribution in [3.05, 3.63) is 30.2 Å². The average molecular weight is 233 g/mol. The highest BCUT2D eigenvalue weighted by Gasteiger charge is 2.18. The van der Waals surface area contributed by atoms with Gasteiger partial charge in [0, 0.05) is 24.1 Å². The van der Waals surface area contributed by atoms with Crippen LogP contribution < -0.4 is 5.73 Å². The van der Waals surface area contributed by atoms with Crippen molar-refractivity contribution in [2.24, 2.45) is 0 Å². The topological polar surface area (TPSA) is 43.3 Å². The van der Waals surface area contributed by atoms with Gasteiger partial charge in [-0.1, -0.05) is 0 Å². The predicted molar refractivity (Wildman–Crippen MR) is 68.9 cm³/mol. The molecule has 1 atom stereocenters. The molecular weight excluding hydrogens is 218 g/mol. The maximum absolute atomic E-state index is 5.91. The summed E-state index contributed by atoms with van der Waals surface area (Å²) in [5, 5.41) is 0. The first-order valence-electron chi connectivity index (χ1n) is 5.65. The third-order valence-electron chi connectivity index (χ3n) is 3.11. The Kier molecular flexibility index (Phi) is 2.52. The number of imidazole rings is 1. The fourth-order valence-electron chi connectivity index (χ4n) is 2.22. The molecule has 0 spiro atoms. The van der Waals surface area contributed by atoms with Crippen molar-refractivity contribution >= 4 is 23.1 Å². The summed E-state index contributed by atoms with van der Waals surface area (Å²) in [6.07, 6.45) is 6.70. The highest BCUT2D eigenvalue weighted by molar-refractivity contribution is 7.99. The van der Waals surface area contributed by atoms with E-state index in [4.69, 9.17) is 5.73 Å². The van der Waals surface area contributed by atoms with Gasteiger partial charge in [0.2, 0.25) is 0 Å². The van der Waals surface area contributed by atoms with Crippen LogP contribution in [0.5, 0.6) is 0 Å². The van der Waals surface area contributed by atoms with Crippen molar-refractivity contribution in [2.45, 2.75) is 18.8 Å². The molecule has 16 heavy (non-hydrogen) atoms. The molecule has 84 valence electrons. The Balaban J connectivity index is 2.01. The van der Waals surface area contributed by atoms with Crippen LogP contribution in [0.2, 0.25) is 0 Å². The normalized spacial score (nSPS) is 21.4. The van der Waals surface area contributed by atoms with Gasteiger partial charge in [-0.15, -0.1) is 0 Å². The minimum absolute atomic E-state index is 0.609. The SMILES string of the molecule is Nc1cccn2cc(C3CCCSC3)nc12. The molecule has 2 N–H and O–H groups in total. The fourth-order valence-corrected chi connectivity index (χ4v) is 3.38. The van der Waals surface area contributed by atoms with E-state index in [1.54, 1.807) is 0 Å². The van der Waals surface area contributed by atoms with Gasteiger partial charge in [-0.2, -0.15) is 11.8 Å². The molecule has 2 aromatic rings. The number of thioether (sulfide) groups is 1. The van der Waals surface area contributed by atoms with Crippen LogP contribution in [0.25, 0.3) is 5.65 Å². The number of pyridine rings is 1. The van der Waals surface area contributed by atoms with E-state index in [1.807, 2.05) is 34.5 Å². The molecule has 1 fully saturated rings. The monoisotopic (exact) mass is 233 g/mol. The molecule has 0 saturated carbocycles. The highest BCUT2D eigenvalue weighted by atomic mass is 32.2. The van der Waals surface area contributed by atoms with E-state index >= 15 is 0 Å². The lowest BCUT2D eigenvalue weighted by atomic mass is 10.0. The third-order valence-corrected chi connectivity index (χ3v) is 4.33. The Morgan fingerprint density at radius 3 is 3.19 bits per heavy atom. The lowest BCUT2D eigenvalue weighted by molar-refractivity contribution is 0.647. The fraction of sp³-hybridized carbons (Fsp3) is 0.417. The van der Waals surface area contributed by atoms with Gasteiger partial charge in [0.1, 0.15) is 0 Å². The van der Waals surface area contributed by atoms with Crippen molar-refractivity contribution in [1.29, 1.82) is 0 Å². The van der Waals surface area contributed by atoms with Crippen LogP contribution in [0.4, 0.5) is 5.69 Å². The number of nitrogens with two attached hydrogens (primary N) is 1. The molecule has 2 aromatic heterocycles. The van der Waals surface area contributed by atoms with Crippen LogP contribution in [0.1, 0.15) is 24.5 Å². The summed E-state index contributed by atoms with van der Waals surface area (Å²) in [7, 11) is 0. The van der Waals surface area contributed by atoms with Gasteiger partial charge in [-0.25, -0.2) is 4.98 Å². The van der Waals surface area contributed by atoms with Gasteiger partial charge < -0.3 is 10.1 Å². The molecular formula is C12H15N3S. The lowest BCUT2D eigenvalue weighted by Gasteiger charge is -2.18. The molecule has 1 unspecified atom stereocenters. The first-order valence-corrected chi connectivity index (χ1v) is 6.81. The zero-order chi connectivity index (χ0) is 11.0. The molecule has 1 aliphatic heterocycles. The van der Waals surface area contributed by atoms with Crippen LogP contribution in [0.15, 0.2) is 24.5 Å². The molecule has 4 heteroatoms. The van der Waals surface area contributed by atoms with E-state index < -0.39 is 0 Å². The standard InChI is InChI=1S/C12H15N3S/c13-10-4-1-5-15-7-11(14-12(10)15)9-3-2-6-16-8-9/h1,4-5,7,9H,2-3,6,8,13H2. The Bertz CT molecular complexity index is 500. The number of fused-ring (bicyclic) bond motifs is 1. The first-order chi connectivity index (χ1) is 7.84. The molecule has 0 amide bonds. The number of hydrogen-bond acceptors (Lipinski definition) is 3. The second kappa shape index (κ2) is 4.01. The molecule has 0 aromatic carbocycles. The number of nitrogens with zero attached hydrogens (tertiary/aromatic N) is 2. The summed E-state index contributed by atoms with van der Waals surface area (Å²) >= 11 is 2.03. The maximum Gasteiger partial charge on any atom is 0.160 e. The predicted octanol–water partition coefficient (Wildman–Crippen LogP) is 2.53. The van der Waals surface area contributed by atoms with Crippen LogP contribution >= 0.6 is 11.8 Å². The highest BCUT2D eigenvalue weighted by Crippen LogP contribution is 2.31. The number of aromatic nitrogens is 2. The minimum Gasteiger partial charge on any atom is -0.396 e. The lowest BCUT2D eigenvalue weighted by Crippen LogP contribution is -2.08. The van der Waals surface area contributed by atoms with Crippen molar-refractivity contribution in [2.75, 3.05) is 17.2 Å². The number of rotatable bonds is 1. The van der Waals surface area contributed by atoms with Crippen LogP contribution in [0.3, 0.4) is 0 Å². The second-order valence-electron chi connectivity index (χ2n) is 4.27. The largest absolute Gasteiger partial charge is 0.396 e. The van der Waals surface area contributed by atoms with Crippen LogP contribution in [-0.2, 0) is 0 Å². The molecule has 0 radical (unpaired) electrons. The quantitative estimate of drug-likeness (QED) is 0.823. The van der Waals surface area contributed by atoms with Crippen LogP contribution in [0, 0.1) is 0 Å². The van der Waals surface area contributed by atoms with Gasteiger partial charge in [-0.05, 0) is 30.7 Å². The van der Waals surface area contributed by atoms with E-state index in [0.29, 0.717) is 5.92 Å². The second-order valence-corrected chi connectivity index (χ2v) is 5.42. The number of anilines is 1. The van der Waals surface area contributed by atoms with Gasteiger partial charge in [0.25, 0.3) is 0 Å². The molecule has 3 rings (SSSR count). The summed E-state index contributed by atoms with van der Waals surface area (Å²) in [5.74, 6) is 3.11. The zero-order valence-corrected chi connectivity index (χ0v) is 9.91. The maximum atomic E-state index is 5.91. The van der Waals surface area contributed by atoms with E-state index in [-0.39, 0.29) is 0 Å². The van der Waals surface area contributed by atoms with Crippen molar-refractivity contribution in [3.8, 4) is 0 Å². The molecule has 1 aliphatic rings. The van der Waals surface area contributed by atoms with Crippen molar-refractivity contribution < 1.29 is 0 Å². The Morgan fingerprint density at radius 2 is 2.44 bits per heavy atom. The molecule has 0 aliphatic carbocycles. The number of hydrogen-bond donors (Lipinski definition) is 1. The summed E-state index contributed by atoms with van der Waals surface area (Å²) in [6.45, 7) is 0. The van der Waals surface area contributed by atoms with Crippen molar-refractivity contribution in [3.63, 3.8) is 0 Å². The molecule has 1 saturated heterocycles. The van der Waals surface area contributed by atoms with Gasteiger partial charge in [0.05, 0.1) is 11.4 Å². The summed E-state index contributed by atoms with van der Waals surface area (Å²) < 4.78 is 2.03.